The zero-order chi connectivity index (χ0) is 14.3. The molecule has 1 rings (SSSR count). The van der Waals surface area contributed by atoms with Gasteiger partial charge in [-0.15, -0.1) is 11.3 Å². The largest absolute Gasteiger partial charge is 0.381 e. The molecule has 0 saturated carbocycles. The molecule has 0 bridgehead atoms. The fourth-order valence-corrected chi connectivity index (χ4v) is 2.78. The number of hydrazine groups is 1. The number of hydrogen-bond acceptors (Lipinski definition) is 5. The predicted octanol–water partition coefficient (Wildman–Crippen LogP) is 2.63. The molecule has 4 nitrogen and oxygen atoms in total. The monoisotopic (exact) mass is 285 g/mol. The van der Waals surface area contributed by atoms with Crippen LogP contribution in [0.5, 0.6) is 0 Å². The molecule has 0 aromatic carbocycles. The van der Waals surface area contributed by atoms with Gasteiger partial charge in [0.2, 0.25) is 0 Å². The van der Waals surface area contributed by atoms with Crippen molar-refractivity contribution in [3.8, 4) is 0 Å². The zero-order valence-corrected chi connectivity index (χ0v) is 13.3. The third kappa shape index (κ3) is 5.99. The van der Waals surface area contributed by atoms with E-state index in [0.29, 0.717) is 0 Å². The van der Waals surface area contributed by atoms with E-state index in [1.807, 2.05) is 0 Å². The summed E-state index contributed by atoms with van der Waals surface area (Å²) < 4.78 is 5.50. The Morgan fingerprint density at radius 1 is 1.42 bits per heavy atom. The van der Waals surface area contributed by atoms with Gasteiger partial charge in [0.15, 0.2) is 0 Å². The molecule has 0 aliphatic heterocycles. The fourth-order valence-electron chi connectivity index (χ4n) is 1.68. The summed E-state index contributed by atoms with van der Waals surface area (Å²) in [6.45, 7) is 10.2. The van der Waals surface area contributed by atoms with E-state index in [4.69, 9.17) is 15.6 Å². The zero-order valence-electron chi connectivity index (χ0n) is 12.5. The van der Waals surface area contributed by atoms with Crippen LogP contribution in [0, 0.1) is 0 Å². The summed E-state index contributed by atoms with van der Waals surface area (Å²) in [5.41, 5.74) is 4.14. The standard InChI is InChI=1S/C14H27N3OS/c1-5-7-18-8-6-11(17-15)9-13-16-12(10-19-13)14(2,3)4/h10-11,17H,5-9,15H2,1-4H3. The summed E-state index contributed by atoms with van der Waals surface area (Å²) >= 11 is 1.72. The topological polar surface area (TPSA) is 60.2 Å². The molecule has 0 radical (unpaired) electrons. The molecule has 1 aromatic heterocycles. The lowest BCUT2D eigenvalue weighted by molar-refractivity contribution is 0.124. The van der Waals surface area contributed by atoms with Crippen molar-refractivity contribution in [3.63, 3.8) is 0 Å². The van der Waals surface area contributed by atoms with Crippen LogP contribution in [0.2, 0.25) is 0 Å². The second kappa shape index (κ2) is 7.94. The van der Waals surface area contributed by atoms with Crippen LogP contribution >= 0.6 is 11.3 Å². The number of aromatic nitrogens is 1. The summed E-state index contributed by atoms with van der Waals surface area (Å²) in [5.74, 6) is 5.60. The molecule has 3 N–H and O–H groups in total. The van der Waals surface area contributed by atoms with Crippen LogP contribution in [0.15, 0.2) is 5.38 Å². The van der Waals surface area contributed by atoms with Crippen LogP contribution in [0.3, 0.4) is 0 Å². The van der Waals surface area contributed by atoms with E-state index in [1.165, 1.54) is 0 Å². The maximum Gasteiger partial charge on any atom is 0.0944 e. The van der Waals surface area contributed by atoms with Gasteiger partial charge in [-0.25, -0.2) is 4.98 Å². The lowest BCUT2D eigenvalue weighted by Gasteiger charge is -2.16. The molecule has 0 fully saturated rings. The summed E-state index contributed by atoms with van der Waals surface area (Å²) in [5, 5.41) is 3.29. The summed E-state index contributed by atoms with van der Waals surface area (Å²) in [4.78, 5) is 4.70. The molecule has 1 aromatic rings. The third-order valence-corrected chi connectivity index (χ3v) is 3.81. The van der Waals surface area contributed by atoms with E-state index < -0.39 is 0 Å². The Bertz CT molecular complexity index is 360. The summed E-state index contributed by atoms with van der Waals surface area (Å²) in [7, 11) is 0. The Balaban J connectivity index is 2.45. The quantitative estimate of drug-likeness (QED) is 0.438. The Morgan fingerprint density at radius 2 is 2.16 bits per heavy atom. The van der Waals surface area contributed by atoms with Crippen molar-refractivity contribution in [2.24, 2.45) is 5.84 Å². The molecule has 1 unspecified atom stereocenters. The molecule has 0 spiro atoms. The Hall–Kier alpha value is -0.490. The molecule has 1 heterocycles. The number of nitrogens with one attached hydrogen (secondary N) is 1. The fraction of sp³-hybridized carbons (Fsp3) is 0.786. The average molecular weight is 285 g/mol. The summed E-state index contributed by atoms with van der Waals surface area (Å²) in [6, 6.07) is 0.232. The number of hydrogen-bond donors (Lipinski definition) is 2. The number of ether oxygens (including phenoxy) is 1. The molecular weight excluding hydrogens is 258 g/mol. The molecule has 110 valence electrons. The van der Waals surface area contributed by atoms with Gasteiger partial charge in [0.1, 0.15) is 0 Å². The van der Waals surface area contributed by atoms with Crippen molar-refractivity contribution >= 4 is 11.3 Å². The number of thiazole rings is 1. The maximum atomic E-state index is 5.60. The highest BCUT2D eigenvalue weighted by atomic mass is 32.1. The van der Waals surface area contributed by atoms with Crippen LogP contribution in [-0.2, 0) is 16.6 Å². The highest BCUT2D eigenvalue weighted by Gasteiger charge is 2.18. The highest BCUT2D eigenvalue weighted by Crippen LogP contribution is 2.24. The van der Waals surface area contributed by atoms with Crippen LogP contribution in [0.25, 0.3) is 0 Å². The first kappa shape index (κ1) is 16.6. The van der Waals surface area contributed by atoms with Crippen molar-refractivity contribution < 1.29 is 4.74 Å². The van der Waals surface area contributed by atoms with Gasteiger partial charge in [-0.05, 0) is 12.8 Å². The van der Waals surface area contributed by atoms with Crippen molar-refractivity contribution in [3.05, 3.63) is 16.1 Å². The van der Waals surface area contributed by atoms with Crippen LogP contribution < -0.4 is 11.3 Å². The van der Waals surface area contributed by atoms with Gasteiger partial charge in [-0.1, -0.05) is 27.7 Å². The molecule has 0 saturated heterocycles. The molecule has 5 heteroatoms. The minimum absolute atomic E-state index is 0.116. The van der Waals surface area contributed by atoms with Crippen molar-refractivity contribution in [1.82, 2.24) is 10.4 Å². The second-order valence-corrected chi connectivity index (χ2v) is 6.79. The van der Waals surface area contributed by atoms with Gasteiger partial charge < -0.3 is 4.74 Å². The predicted molar refractivity (Wildman–Crippen MR) is 81.4 cm³/mol. The van der Waals surface area contributed by atoms with Crippen LogP contribution in [0.1, 0.15) is 51.2 Å². The van der Waals surface area contributed by atoms with E-state index in [9.17, 15) is 0 Å². The molecule has 19 heavy (non-hydrogen) atoms. The molecule has 1 atom stereocenters. The van der Waals surface area contributed by atoms with Crippen molar-refractivity contribution in [2.45, 2.75) is 58.4 Å². The number of rotatable bonds is 8. The smallest absolute Gasteiger partial charge is 0.0944 e. The minimum Gasteiger partial charge on any atom is -0.381 e. The molecule has 0 amide bonds. The van der Waals surface area contributed by atoms with E-state index >= 15 is 0 Å². The number of nitrogens with zero attached hydrogens (tertiary/aromatic N) is 1. The first-order chi connectivity index (χ1) is 8.97. The van der Waals surface area contributed by atoms with Gasteiger partial charge in [0.05, 0.1) is 10.7 Å². The SMILES string of the molecule is CCCOCCC(Cc1nc(C(C)(C)C)cs1)NN. The van der Waals surface area contributed by atoms with Crippen molar-refractivity contribution in [1.29, 1.82) is 0 Å². The first-order valence-corrected chi connectivity index (χ1v) is 7.84. The van der Waals surface area contributed by atoms with Crippen LogP contribution in [-0.4, -0.2) is 24.2 Å². The summed E-state index contributed by atoms with van der Waals surface area (Å²) in [6.07, 6.45) is 2.84. The first-order valence-electron chi connectivity index (χ1n) is 6.96. The molecule has 0 aliphatic carbocycles. The Morgan fingerprint density at radius 3 is 2.68 bits per heavy atom. The van der Waals surface area contributed by atoms with Gasteiger partial charge in [0, 0.05) is 36.5 Å². The van der Waals surface area contributed by atoms with E-state index in [2.05, 4.69) is 38.5 Å². The Labute approximate surface area is 120 Å². The lowest BCUT2D eigenvalue weighted by Crippen LogP contribution is -2.37. The Kier molecular flexibility index (Phi) is 6.93. The van der Waals surface area contributed by atoms with E-state index in [1.54, 1.807) is 11.3 Å². The van der Waals surface area contributed by atoms with Crippen molar-refractivity contribution in [2.75, 3.05) is 13.2 Å². The van der Waals surface area contributed by atoms with E-state index in [0.717, 1.165) is 43.2 Å². The normalized spacial score (nSPS) is 13.7. The third-order valence-electron chi connectivity index (χ3n) is 2.94. The average Bonchev–Trinajstić information content (AvgIpc) is 2.81. The maximum absolute atomic E-state index is 5.60. The minimum atomic E-state index is 0.116. The van der Waals surface area contributed by atoms with Gasteiger partial charge >= 0.3 is 0 Å². The van der Waals surface area contributed by atoms with Crippen LogP contribution in [0.4, 0.5) is 0 Å². The second-order valence-electron chi connectivity index (χ2n) is 5.85. The molecular formula is C14H27N3OS. The number of nitrogens with two attached hydrogens (primary N) is 1. The highest BCUT2D eigenvalue weighted by molar-refractivity contribution is 7.09. The van der Waals surface area contributed by atoms with Gasteiger partial charge in [-0.2, -0.15) is 0 Å². The van der Waals surface area contributed by atoms with E-state index in [-0.39, 0.29) is 11.5 Å². The lowest BCUT2D eigenvalue weighted by atomic mass is 9.93. The van der Waals surface area contributed by atoms with Gasteiger partial charge in [-0.3, -0.25) is 11.3 Å². The molecule has 0 aliphatic rings. The van der Waals surface area contributed by atoms with Gasteiger partial charge in [0.25, 0.3) is 0 Å².